The Hall–Kier alpha value is -1.69. The fourth-order valence-electron chi connectivity index (χ4n) is 2.12. The highest BCUT2D eigenvalue weighted by molar-refractivity contribution is 5.84. The van der Waals surface area contributed by atoms with Crippen molar-refractivity contribution in [1.29, 1.82) is 0 Å². The molecule has 0 amide bonds. The monoisotopic (exact) mass is 265 g/mol. The van der Waals surface area contributed by atoms with Crippen LogP contribution in [0.4, 0.5) is 5.82 Å². The van der Waals surface area contributed by atoms with Crippen LogP contribution >= 0.6 is 0 Å². The minimum Gasteiger partial charge on any atom is -0.476 e. The molecule has 2 N–H and O–H groups in total. The molecule has 0 aliphatic heterocycles. The molecule has 1 aromatic rings. The van der Waals surface area contributed by atoms with E-state index in [0.717, 1.165) is 19.6 Å². The Morgan fingerprint density at radius 2 is 2.16 bits per heavy atom. The number of nitrogens with one attached hydrogen (secondary N) is 1. The van der Waals surface area contributed by atoms with Crippen LogP contribution in [-0.4, -0.2) is 40.3 Å². The summed E-state index contributed by atoms with van der Waals surface area (Å²) in [5.74, 6) is -0.477. The van der Waals surface area contributed by atoms with Gasteiger partial charge in [0, 0.05) is 13.2 Å². The van der Waals surface area contributed by atoms with Gasteiger partial charge in [-0.2, -0.15) is 0 Å². The Labute approximate surface area is 112 Å². The standard InChI is InChI=1S/C13H19N3O3/c17-13(18)11-8-16-12(9-15-11)14-6-3-7-19-10-4-1-2-5-10/h8-10H,1-7H2,(H,14,16)(H,17,18). The summed E-state index contributed by atoms with van der Waals surface area (Å²) in [6.07, 6.45) is 8.99. The Morgan fingerprint density at radius 3 is 2.79 bits per heavy atom. The van der Waals surface area contributed by atoms with Crippen LogP contribution in [0.1, 0.15) is 42.6 Å². The van der Waals surface area contributed by atoms with E-state index in [0.29, 0.717) is 11.9 Å². The second-order valence-electron chi connectivity index (χ2n) is 4.65. The highest BCUT2D eigenvalue weighted by Gasteiger charge is 2.14. The third-order valence-corrected chi connectivity index (χ3v) is 3.15. The molecule has 0 spiro atoms. The molecular weight excluding hydrogens is 246 g/mol. The van der Waals surface area contributed by atoms with Crippen LogP contribution in [0.2, 0.25) is 0 Å². The zero-order valence-corrected chi connectivity index (χ0v) is 10.8. The molecule has 104 valence electrons. The average molecular weight is 265 g/mol. The lowest BCUT2D eigenvalue weighted by molar-refractivity contribution is 0.0583. The maximum absolute atomic E-state index is 10.6. The Kier molecular flexibility index (Phi) is 5.09. The van der Waals surface area contributed by atoms with E-state index in [-0.39, 0.29) is 5.69 Å². The van der Waals surface area contributed by atoms with E-state index in [1.807, 2.05) is 0 Å². The Bertz CT molecular complexity index is 402. The molecule has 1 heterocycles. The van der Waals surface area contributed by atoms with Gasteiger partial charge in [-0.25, -0.2) is 14.8 Å². The second-order valence-corrected chi connectivity index (χ2v) is 4.65. The maximum Gasteiger partial charge on any atom is 0.356 e. The van der Waals surface area contributed by atoms with E-state index in [1.54, 1.807) is 0 Å². The molecule has 6 nitrogen and oxygen atoms in total. The second kappa shape index (κ2) is 7.04. The third-order valence-electron chi connectivity index (χ3n) is 3.15. The van der Waals surface area contributed by atoms with Crippen LogP contribution in [0.3, 0.4) is 0 Å². The molecule has 1 aliphatic rings. The first-order valence-electron chi connectivity index (χ1n) is 6.66. The predicted octanol–water partition coefficient (Wildman–Crippen LogP) is 1.94. The quantitative estimate of drug-likeness (QED) is 0.733. The van der Waals surface area contributed by atoms with Gasteiger partial charge in [0.25, 0.3) is 0 Å². The first-order chi connectivity index (χ1) is 9.25. The van der Waals surface area contributed by atoms with Gasteiger partial charge in [0.1, 0.15) is 5.82 Å². The fraction of sp³-hybridized carbons (Fsp3) is 0.615. The number of hydrogen-bond acceptors (Lipinski definition) is 5. The molecule has 0 aromatic carbocycles. The van der Waals surface area contributed by atoms with E-state index in [9.17, 15) is 4.79 Å². The molecule has 19 heavy (non-hydrogen) atoms. The van der Waals surface area contributed by atoms with Gasteiger partial charge in [-0.05, 0) is 19.3 Å². The lowest BCUT2D eigenvalue weighted by atomic mass is 10.3. The molecule has 0 radical (unpaired) electrons. The topological polar surface area (TPSA) is 84.3 Å². The normalized spacial score (nSPS) is 15.6. The number of carboxylic acid groups (broad SMARTS) is 1. The largest absolute Gasteiger partial charge is 0.476 e. The van der Waals surface area contributed by atoms with Crippen molar-refractivity contribution in [3.05, 3.63) is 18.1 Å². The van der Waals surface area contributed by atoms with Crippen molar-refractivity contribution in [2.45, 2.75) is 38.2 Å². The molecule has 1 saturated carbocycles. The summed E-state index contributed by atoms with van der Waals surface area (Å²) in [4.78, 5) is 18.4. The van der Waals surface area contributed by atoms with Crippen molar-refractivity contribution in [3.8, 4) is 0 Å². The van der Waals surface area contributed by atoms with Crippen LogP contribution in [-0.2, 0) is 4.74 Å². The van der Waals surface area contributed by atoms with Crippen LogP contribution in [0.5, 0.6) is 0 Å². The van der Waals surface area contributed by atoms with Crippen molar-refractivity contribution >= 4 is 11.8 Å². The van der Waals surface area contributed by atoms with Crippen molar-refractivity contribution in [1.82, 2.24) is 9.97 Å². The number of carbonyl (C=O) groups is 1. The van der Waals surface area contributed by atoms with Gasteiger partial charge in [0.05, 0.1) is 18.5 Å². The number of anilines is 1. The van der Waals surface area contributed by atoms with Gasteiger partial charge in [-0.3, -0.25) is 0 Å². The summed E-state index contributed by atoms with van der Waals surface area (Å²) >= 11 is 0. The van der Waals surface area contributed by atoms with E-state index in [1.165, 1.54) is 38.1 Å². The van der Waals surface area contributed by atoms with Gasteiger partial charge >= 0.3 is 5.97 Å². The molecule has 0 unspecified atom stereocenters. The molecule has 1 fully saturated rings. The first kappa shape index (κ1) is 13.7. The van der Waals surface area contributed by atoms with Crippen molar-refractivity contribution in [3.63, 3.8) is 0 Å². The van der Waals surface area contributed by atoms with Crippen LogP contribution in [0.15, 0.2) is 12.4 Å². The summed E-state index contributed by atoms with van der Waals surface area (Å²) in [7, 11) is 0. The fourth-order valence-corrected chi connectivity index (χ4v) is 2.12. The predicted molar refractivity (Wildman–Crippen MR) is 70.3 cm³/mol. The number of aromatic nitrogens is 2. The van der Waals surface area contributed by atoms with Gasteiger partial charge in [-0.15, -0.1) is 0 Å². The minimum absolute atomic E-state index is 0.0462. The van der Waals surface area contributed by atoms with E-state index >= 15 is 0 Å². The van der Waals surface area contributed by atoms with Crippen LogP contribution in [0.25, 0.3) is 0 Å². The number of aromatic carboxylic acids is 1. The molecule has 1 aliphatic carbocycles. The van der Waals surface area contributed by atoms with Crippen molar-refractivity contribution in [2.75, 3.05) is 18.5 Å². The molecule has 0 saturated heterocycles. The SMILES string of the molecule is O=C(O)c1cnc(NCCCOC2CCCC2)cn1. The van der Waals surface area contributed by atoms with Gasteiger partial charge in [0.15, 0.2) is 5.69 Å². The third kappa shape index (κ3) is 4.48. The summed E-state index contributed by atoms with van der Waals surface area (Å²) in [6.45, 7) is 1.49. The number of nitrogens with zero attached hydrogens (tertiary/aromatic N) is 2. The molecule has 2 rings (SSSR count). The molecule has 0 atom stereocenters. The van der Waals surface area contributed by atoms with Gasteiger partial charge < -0.3 is 15.2 Å². The van der Waals surface area contributed by atoms with Crippen LogP contribution in [0, 0.1) is 0 Å². The smallest absolute Gasteiger partial charge is 0.356 e. The molecule has 0 bridgehead atoms. The lowest BCUT2D eigenvalue weighted by Gasteiger charge is -2.11. The minimum atomic E-state index is -1.07. The molecule has 6 heteroatoms. The van der Waals surface area contributed by atoms with Crippen molar-refractivity contribution in [2.24, 2.45) is 0 Å². The molecular formula is C13H19N3O3. The zero-order chi connectivity index (χ0) is 13.5. The van der Waals surface area contributed by atoms with Gasteiger partial charge in [-0.1, -0.05) is 12.8 Å². The highest BCUT2D eigenvalue weighted by Crippen LogP contribution is 2.20. The van der Waals surface area contributed by atoms with Gasteiger partial charge in [0.2, 0.25) is 0 Å². The number of ether oxygens (including phenoxy) is 1. The summed E-state index contributed by atoms with van der Waals surface area (Å²) in [5.41, 5.74) is -0.0462. The molecule has 1 aromatic heterocycles. The first-order valence-corrected chi connectivity index (χ1v) is 6.66. The summed E-state index contributed by atoms with van der Waals surface area (Å²) in [5, 5.41) is 11.8. The van der Waals surface area contributed by atoms with Crippen molar-refractivity contribution < 1.29 is 14.6 Å². The zero-order valence-electron chi connectivity index (χ0n) is 10.8. The Morgan fingerprint density at radius 1 is 1.37 bits per heavy atom. The van der Waals surface area contributed by atoms with E-state index in [4.69, 9.17) is 9.84 Å². The lowest BCUT2D eigenvalue weighted by Crippen LogP contribution is -2.12. The number of rotatable bonds is 7. The highest BCUT2D eigenvalue weighted by atomic mass is 16.5. The summed E-state index contributed by atoms with van der Waals surface area (Å²) in [6, 6.07) is 0. The van der Waals surface area contributed by atoms with Crippen LogP contribution < -0.4 is 5.32 Å². The van der Waals surface area contributed by atoms with E-state index < -0.39 is 5.97 Å². The van der Waals surface area contributed by atoms with E-state index in [2.05, 4.69) is 15.3 Å². The number of carboxylic acids is 1. The maximum atomic E-state index is 10.6. The Balaban J connectivity index is 1.61. The summed E-state index contributed by atoms with van der Waals surface area (Å²) < 4.78 is 5.74. The number of hydrogen-bond donors (Lipinski definition) is 2. The average Bonchev–Trinajstić information content (AvgIpc) is 2.92.